The van der Waals surface area contributed by atoms with Crippen LogP contribution in [0.2, 0.25) is 0 Å². The summed E-state index contributed by atoms with van der Waals surface area (Å²) in [4.78, 5) is 15.7. The lowest BCUT2D eigenvalue weighted by Crippen LogP contribution is -2.29. The molecular formula is C16H18N6. The molecule has 0 radical (unpaired) electrons. The number of pyridine rings is 2. The van der Waals surface area contributed by atoms with Crippen LogP contribution in [0.1, 0.15) is 11.6 Å². The van der Waals surface area contributed by atoms with Gasteiger partial charge >= 0.3 is 0 Å². The molecule has 6 nitrogen and oxygen atoms in total. The van der Waals surface area contributed by atoms with Crippen LogP contribution in [0, 0.1) is 0 Å². The van der Waals surface area contributed by atoms with E-state index in [2.05, 4.69) is 25.9 Å². The second kappa shape index (κ2) is 5.06. The molecule has 112 valence electrons. The smallest absolute Gasteiger partial charge is 0.155 e. The molecule has 0 aromatic carbocycles. The Bertz CT molecular complexity index is 806. The van der Waals surface area contributed by atoms with Gasteiger partial charge in [-0.25, -0.2) is 9.97 Å². The van der Waals surface area contributed by atoms with Gasteiger partial charge in [0.05, 0.1) is 12.0 Å². The van der Waals surface area contributed by atoms with Crippen molar-refractivity contribution in [2.75, 3.05) is 18.0 Å². The number of nitrogens with two attached hydrogens (primary N) is 1. The quantitative estimate of drug-likeness (QED) is 0.771. The van der Waals surface area contributed by atoms with Crippen LogP contribution in [-0.4, -0.2) is 38.7 Å². The summed E-state index contributed by atoms with van der Waals surface area (Å²) in [6, 6.07) is 6.03. The highest BCUT2D eigenvalue weighted by Crippen LogP contribution is 2.31. The SMILES string of the molecule is Cn1cnc([C@@H]2CN(c3nccc4cccnc34)C[C@H]2N)c1. The van der Waals surface area contributed by atoms with Gasteiger partial charge in [-0.15, -0.1) is 0 Å². The Morgan fingerprint density at radius 1 is 1.14 bits per heavy atom. The minimum Gasteiger partial charge on any atom is -0.352 e. The molecule has 3 aromatic rings. The van der Waals surface area contributed by atoms with Crippen LogP contribution in [0.3, 0.4) is 0 Å². The number of hydrogen-bond donors (Lipinski definition) is 1. The first-order valence-electron chi connectivity index (χ1n) is 7.40. The van der Waals surface area contributed by atoms with Crippen molar-refractivity contribution in [1.82, 2.24) is 19.5 Å². The predicted octanol–water partition coefficient (Wildman–Crippen LogP) is 1.29. The maximum Gasteiger partial charge on any atom is 0.155 e. The molecule has 0 spiro atoms. The normalized spacial score (nSPS) is 21.6. The van der Waals surface area contributed by atoms with Crippen LogP contribution >= 0.6 is 0 Å². The van der Waals surface area contributed by atoms with Crippen molar-refractivity contribution >= 4 is 16.7 Å². The third-order valence-corrected chi connectivity index (χ3v) is 4.27. The Labute approximate surface area is 128 Å². The van der Waals surface area contributed by atoms with E-state index in [0.717, 1.165) is 35.5 Å². The lowest BCUT2D eigenvalue weighted by molar-refractivity contribution is 0.639. The largest absolute Gasteiger partial charge is 0.352 e. The number of aromatic nitrogens is 4. The average Bonchev–Trinajstić information content (AvgIpc) is 3.12. The van der Waals surface area contributed by atoms with Crippen molar-refractivity contribution in [3.05, 3.63) is 48.8 Å². The first kappa shape index (κ1) is 13.2. The molecule has 0 unspecified atom stereocenters. The van der Waals surface area contributed by atoms with Crippen LogP contribution in [0.5, 0.6) is 0 Å². The van der Waals surface area contributed by atoms with Gasteiger partial charge in [-0.3, -0.25) is 4.98 Å². The fourth-order valence-electron chi connectivity index (χ4n) is 3.16. The Kier molecular flexibility index (Phi) is 3.04. The van der Waals surface area contributed by atoms with Crippen molar-refractivity contribution in [3.63, 3.8) is 0 Å². The lowest BCUT2D eigenvalue weighted by Gasteiger charge is -2.18. The van der Waals surface area contributed by atoms with Gasteiger partial charge in [-0.1, -0.05) is 6.07 Å². The minimum absolute atomic E-state index is 0.0515. The topological polar surface area (TPSA) is 72.9 Å². The van der Waals surface area contributed by atoms with Crippen LogP contribution < -0.4 is 10.6 Å². The van der Waals surface area contributed by atoms with E-state index < -0.39 is 0 Å². The number of anilines is 1. The van der Waals surface area contributed by atoms with Gasteiger partial charge < -0.3 is 15.2 Å². The Hall–Kier alpha value is -2.47. The second-order valence-corrected chi connectivity index (χ2v) is 5.85. The molecule has 0 saturated carbocycles. The molecule has 2 atom stereocenters. The number of imidazole rings is 1. The summed E-state index contributed by atoms with van der Waals surface area (Å²) < 4.78 is 1.96. The molecule has 0 amide bonds. The molecule has 2 N–H and O–H groups in total. The summed E-state index contributed by atoms with van der Waals surface area (Å²) in [6.45, 7) is 1.59. The first-order valence-corrected chi connectivity index (χ1v) is 7.40. The van der Waals surface area contributed by atoms with Gasteiger partial charge in [0, 0.05) is 56.1 Å². The summed E-state index contributed by atoms with van der Waals surface area (Å²) in [7, 11) is 1.98. The Morgan fingerprint density at radius 3 is 2.86 bits per heavy atom. The number of rotatable bonds is 2. The van der Waals surface area contributed by atoms with Crippen molar-refractivity contribution in [3.8, 4) is 0 Å². The molecular weight excluding hydrogens is 276 g/mol. The molecule has 1 aliphatic heterocycles. The van der Waals surface area contributed by atoms with Gasteiger partial charge in [-0.05, 0) is 12.1 Å². The standard InChI is InChI=1S/C16H18N6/c1-21-9-14(20-10-21)12-7-22(8-13(12)17)16-15-11(4-6-19-16)3-2-5-18-15/h2-6,9-10,12-13H,7-8,17H2,1H3/t12-,13-/m1/s1. The van der Waals surface area contributed by atoms with E-state index >= 15 is 0 Å². The fraction of sp³-hybridized carbons (Fsp3) is 0.312. The third-order valence-electron chi connectivity index (χ3n) is 4.27. The molecule has 3 aromatic heterocycles. The molecule has 0 aliphatic carbocycles. The van der Waals surface area contributed by atoms with E-state index in [1.807, 2.05) is 42.5 Å². The maximum absolute atomic E-state index is 6.35. The zero-order valence-corrected chi connectivity index (χ0v) is 12.4. The van der Waals surface area contributed by atoms with E-state index in [1.54, 1.807) is 6.20 Å². The maximum atomic E-state index is 6.35. The van der Waals surface area contributed by atoms with Gasteiger partial charge in [0.1, 0.15) is 5.52 Å². The molecule has 1 saturated heterocycles. The zero-order valence-electron chi connectivity index (χ0n) is 12.4. The van der Waals surface area contributed by atoms with Crippen molar-refractivity contribution in [2.45, 2.75) is 12.0 Å². The molecule has 4 rings (SSSR count). The number of fused-ring (bicyclic) bond motifs is 1. The van der Waals surface area contributed by atoms with Gasteiger partial charge in [0.2, 0.25) is 0 Å². The third kappa shape index (κ3) is 2.12. The number of hydrogen-bond acceptors (Lipinski definition) is 5. The second-order valence-electron chi connectivity index (χ2n) is 5.85. The van der Waals surface area contributed by atoms with Crippen molar-refractivity contribution in [2.24, 2.45) is 12.8 Å². The van der Waals surface area contributed by atoms with Gasteiger partial charge in [0.15, 0.2) is 5.82 Å². The highest BCUT2D eigenvalue weighted by molar-refractivity contribution is 5.88. The fourth-order valence-corrected chi connectivity index (χ4v) is 3.16. The van der Waals surface area contributed by atoms with Crippen LogP contribution in [-0.2, 0) is 7.05 Å². The predicted molar refractivity (Wildman–Crippen MR) is 85.7 cm³/mol. The van der Waals surface area contributed by atoms with E-state index in [9.17, 15) is 0 Å². The first-order chi connectivity index (χ1) is 10.7. The number of nitrogens with zero attached hydrogens (tertiary/aromatic N) is 5. The Morgan fingerprint density at radius 2 is 2.05 bits per heavy atom. The molecule has 1 fully saturated rings. The molecule has 4 heterocycles. The highest BCUT2D eigenvalue weighted by atomic mass is 15.2. The minimum atomic E-state index is 0.0515. The van der Waals surface area contributed by atoms with E-state index in [-0.39, 0.29) is 12.0 Å². The zero-order chi connectivity index (χ0) is 15.1. The van der Waals surface area contributed by atoms with Crippen LogP contribution in [0.15, 0.2) is 43.1 Å². The van der Waals surface area contributed by atoms with Crippen LogP contribution in [0.4, 0.5) is 5.82 Å². The van der Waals surface area contributed by atoms with Crippen molar-refractivity contribution < 1.29 is 0 Å². The summed E-state index contributed by atoms with van der Waals surface area (Å²) >= 11 is 0. The summed E-state index contributed by atoms with van der Waals surface area (Å²) in [5.74, 6) is 1.13. The summed E-state index contributed by atoms with van der Waals surface area (Å²) in [5.41, 5.74) is 8.33. The molecule has 1 aliphatic rings. The van der Waals surface area contributed by atoms with Crippen LogP contribution in [0.25, 0.3) is 10.9 Å². The highest BCUT2D eigenvalue weighted by Gasteiger charge is 2.34. The summed E-state index contributed by atoms with van der Waals surface area (Å²) in [5, 5.41) is 1.10. The molecule has 6 heteroatoms. The Balaban J connectivity index is 1.69. The molecule has 0 bridgehead atoms. The number of aryl methyl sites for hydroxylation is 1. The van der Waals surface area contributed by atoms with E-state index in [1.165, 1.54) is 0 Å². The summed E-state index contributed by atoms with van der Waals surface area (Å²) in [6.07, 6.45) is 7.50. The van der Waals surface area contributed by atoms with E-state index in [0.29, 0.717) is 0 Å². The monoisotopic (exact) mass is 294 g/mol. The van der Waals surface area contributed by atoms with Crippen molar-refractivity contribution in [1.29, 1.82) is 0 Å². The van der Waals surface area contributed by atoms with Gasteiger partial charge in [-0.2, -0.15) is 0 Å². The van der Waals surface area contributed by atoms with Gasteiger partial charge in [0.25, 0.3) is 0 Å². The lowest BCUT2D eigenvalue weighted by atomic mass is 10.0. The molecule has 22 heavy (non-hydrogen) atoms. The average molecular weight is 294 g/mol. The van der Waals surface area contributed by atoms with E-state index in [4.69, 9.17) is 5.73 Å².